The Bertz CT molecular complexity index is 1110. The van der Waals surface area contributed by atoms with E-state index in [0.717, 1.165) is 42.9 Å². The number of H-pyrrole nitrogens is 2. The van der Waals surface area contributed by atoms with E-state index in [4.69, 9.17) is 0 Å². The Labute approximate surface area is 189 Å². The van der Waals surface area contributed by atoms with Gasteiger partial charge in [-0.3, -0.25) is 9.78 Å². The van der Waals surface area contributed by atoms with Gasteiger partial charge in [-0.25, -0.2) is 9.78 Å². The molecule has 0 bridgehead atoms. The highest BCUT2D eigenvalue weighted by molar-refractivity contribution is 5.38. The molecule has 1 aliphatic carbocycles. The standard InChI is InChI=1S/C24H28N4O2.C2H6/c1-28(2)21-10-6-9-19(25-21)15-20-22(26-24(30)27-23(20)29)18-13-11-17(12-14-18)16-7-4-3-5-8-16;1-2/h3-10,17-18H,11-15H2,1-2H3,(H2,26,27,29,30);1-2H3. The van der Waals surface area contributed by atoms with E-state index in [9.17, 15) is 9.59 Å². The maximum Gasteiger partial charge on any atom is 0.325 e. The van der Waals surface area contributed by atoms with Crippen molar-refractivity contribution in [3.05, 3.63) is 91.9 Å². The molecule has 0 spiro atoms. The topological polar surface area (TPSA) is 81.9 Å². The molecule has 1 fully saturated rings. The normalized spacial score (nSPS) is 17.9. The highest BCUT2D eigenvalue weighted by atomic mass is 16.2. The van der Waals surface area contributed by atoms with Crippen molar-refractivity contribution in [2.45, 2.75) is 57.8 Å². The minimum Gasteiger partial charge on any atom is -0.363 e. The van der Waals surface area contributed by atoms with E-state index in [1.807, 2.05) is 57.1 Å². The zero-order valence-corrected chi connectivity index (χ0v) is 19.5. The Morgan fingerprint density at radius 3 is 2.19 bits per heavy atom. The first kappa shape index (κ1) is 23.5. The van der Waals surface area contributed by atoms with Gasteiger partial charge in [0.25, 0.3) is 5.56 Å². The van der Waals surface area contributed by atoms with E-state index in [0.29, 0.717) is 17.9 Å². The van der Waals surface area contributed by atoms with E-state index in [-0.39, 0.29) is 11.5 Å². The maximum absolute atomic E-state index is 12.7. The first-order valence-corrected chi connectivity index (χ1v) is 11.5. The van der Waals surface area contributed by atoms with Crippen molar-refractivity contribution in [3.63, 3.8) is 0 Å². The zero-order chi connectivity index (χ0) is 23.1. The molecular formula is C26H34N4O2. The molecule has 0 saturated heterocycles. The molecule has 0 aliphatic heterocycles. The van der Waals surface area contributed by atoms with Gasteiger partial charge in [0.2, 0.25) is 0 Å². The largest absolute Gasteiger partial charge is 0.363 e. The molecule has 0 atom stereocenters. The Kier molecular flexibility index (Phi) is 8.03. The lowest BCUT2D eigenvalue weighted by atomic mass is 9.76. The van der Waals surface area contributed by atoms with Gasteiger partial charge in [-0.05, 0) is 55.2 Å². The van der Waals surface area contributed by atoms with Crippen molar-refractivity contribution in [1.29, 1.82) is 0 Å². The third-order valence-corrected chi connectivity index (χ3v) is 6.09. The fourth-order valence-corrected chi connectivity index (χ4v) is 4.49. The summed E-state index contributed by atoms with van der Waals surface area (Å²) in [6.45, 7) is 4.00. The molecule has 0 unspecified atom stereocenters. The third-order valence-electron chi connectivity index (χ3n) is 6.09. The van der Waals surface area contributed by atoms with E-state index in [1.54, 1.807) is 0 Å². The number of rotatable bonds is 5. The molecule has 2 heterocycles. The van der Waals surface area contributed by atoms with Gasteiger partial charge < -0.3 is 9.88 Å². The van der Waals surface area contributed by atoms with Crippen molar-refractivity contribution in [1.82, 2.24) is 15.0 Å². The van der Waals surface area contributed by atoms with Crippen molar-refractivity contribution < 1.29 is 0 Å². The van der Waals surface area contributed by atoms with Gasteiger partial charge in [-0.2, -0.15) is 0 Å². The molecule has 170 valence electrons. The Balaban J connectivity index is 0.00000141. The van der Waals surface area contributed by atoms with Crippen LogP contribution >= 0.6 is 0 Å². The predicted molar refractivity (Wildman–Crippen MR) is 131 cm³/mol. The second-order valence-corrected chi connectivity index (χ2v) is 8.32. The average molecular weight is 435 g/mol. The van der Waals surface area contributed by atoms with Crippen LogP contribution in [0.2, 0.25) is 0 Å². The number of nitrogens with one attached hydrogen (secondary N) is 2. The maximum atomic E-state index is 12.7. The minimum atomic E-state index is -0.432. The summed E-state index contributed by atoms with van der Waals surface area (Å²) in [6, 6.07) is 16.4. The quantitative estimate of drug-likeness (QED) is 0.616. The number of pyridine rings is 1. The van der Waals surface area contributed by atoms with Gasteiger partial charge in [0.05, 0.1) is 0 Å². The summed E-state index contributed by atoms with van der Waals surface area (Å²) >= 11 is 0. The van der Waals surface area contributed by atoms with Crippen LogP contribution in [0.4, 0.5) is 5.82 Å². The molecule has 6 heteroatoms. The fourth-order valence-electron chi connectivity index (χ4n) is 4.49. The van der Waals surface area contributed by atoms with E-state index in [1.165, 1.54) is 5.56 Å². The summed E-state index contributed by atoms with van der Waals surface area (Å²) in [6.07, 6.45) is 4.42. The molecule has 4 rings (SSSR count). The van der Waals surface area contributed by atoms with E-state index in [2.05, 4.69) is 39.2 Å². The lowest BCUT2D eigenvalue weighted by Crippen LogP contribution is -2.30. The molecule has 0 radical (unpaired) electrons. The summed E-state index contributed by atoms with van der Waals surface area (Å²) in [5, 5.41) is 0. The van der Waals surface area contributed by atoms with Gasteiger partial charge in [0, 0.05) is 37.5 Å². The summed E-state index contributed by atoms with van der Waals surface area (Å²) in [7, 11) is 3.88. The number of hydrogen-bond acceptors (Lipinski definition) is 4. The Morgan fingerprint density at radius 2 is 1.53 bits per heavy atom. The number of benzene rings is 1. The fraction of sp³-hybridized carbons (Fsp3) is 0.423. The summed E-state index contributed by atoms with van der Waals surface area (Å²) < 4.78 is 0. The molecule has 2 aromatic heterocycles. The number of anilines is 1. The molecule has 2 N–H and O–H groups in total. The van der Waals surface area contributed by atoms with Crippen LogP contribution in [0, 0.1) is 0 Å². The highest BCUT2D eigenvalue weighted by Gasteiger charge is 2.27. The van der Waals surface area contributed by atoms with Crippen LogP contribution in [-0.4, -0.2) is 29.0 Å². The van der Waals surface area contributed by atoms with Gasteiger partial charge in [-0.1, -0.05) is 50.2 Å². The highest BCUT2D eigenvalue weighted by Crippen LogP contribution is 2.40. The van der Waals surface area contributed by atoms with Crippen LogP contribution in [0.1, 0.15) is 73.9 Å². The SMILES string of the molecule is CC.CN(C)c1cccc(Cc2c(C3CCC(c4ccccc4)CC3)[nH]c(=O)[nH]c2=O)n1. The number of hydrogen-bond donors (Lipinski definition) is 2. The molecule has 32 heavy (non-hydrogen) atoms. The summed E-state index contributed by atoms with van der Waals surface area (Å²) in [5.74, 6) is 1.57. The molecule has 1 saturated carbocycles. The second kappa shape index (κ2) is 10.9. The monoisotopic (exact) mass is 434 g/mol. The second-order valence-electron chi connectivity index (χ2n) is 8.32. The molecule has 3 aromatic rings. The van der Waals surface area contributed by atoms with Crippen LogP contribution < -0.4 is 16.1 Å². The first-order chi connectivity index (χ1) is 15.5. The number of nitrogens with zero attached hydrogens (tertiary/aromatic N) is 2. The zero-order valence-electron chi connectivity index (χ0n) is 19.5. The summed E-state index contributed by atoms with van der Waals surface area (Å²) in [5.41, 5.74) is 2.86. The Hall–Kier alpha value is -3.15. The minimum absolute atomic E-state index is 0.187. The predicted octanol–water partition coefficient (Wildman–Crippen LogP) is 4.58. The van der Waals surface area contributed by atoms with E-state index < -0.39 is 5.69 Å². The molecular weight excluding hydrogens is 400 g/mol. The van der Waals surface area contributed by atoms with Crippen molar-refractivity contribution in [2.24, 2.45) is 0 Å². The number of aromatic amines is 2. The molecule has 1 aliphatic rings. The van der Waals surface area contributed by atoms with E-state index >= 15 is 0 Å². The van der Waals surface area contributed by atoms with Gasteiger partial charge in [-0.15, -0.1) is 0 Å². The van der Waals surface area contributed by atoms with Crippen molar-refractivity contribution >= 4 is 5.82 Å². The van der Waals surface area contributed by atoms with Crippen molar-refractivity contribution in [2.75, 3.05) is 19.0 Å². The van der Waals surface area contributed by atoms with Gasteiger partial charge >= 0.3 is 5.69 Å². The average Bonchev–Trinajstić information content (AvgIpc) is 2.83. The molecule has 6 nitrogen and oxygen atoms in total. The smallest absolute Gasteiger partial charge is 0.325 e. The summed E-state index contributed by atoms with van der Waals surface area (Å²) in [4.78, 5) is 36.7. The van der Waals surface area contributed by atoms with Crippen LogP contribution in [0.15, 0.2) is 58.1 Å². The van der Waals surface area contributed by atoms with Crippen LogP contribution in [0.3, 0.4) is 0 Å². The lowest BCUT2D eigenvalue weighted by Gasteiger charge is -2.29. The lowest BCUT2D eigenvalue weighted by molar-refractivity contribution is 0.388. The molecule has 0 amide bonds. The van der Waals surface area contributed by atoms with Crippen molar-refractivity contribution in [3.8, 4) is 0 Å². The van der Waals surface area contributed by atoms with Gasteiger partial charge in [0.15, 0.2) is 0 Å². The van der Waals surface area contributed by atoms with Crippen LogP contribution in [0.5, 0.6) is 0 Å². The molecule has 1 aromatic carbocycles. The van der Waals surface area contributed by atoms with Crippen LogP contribution in [-0.2, 0) is 6.42 Å². The third kappa shape index (κ3) is 5.55. The first-order valence-electron chi connectivity index (χ1n) is 11.5. The van der Waals surface area contributed by atoms with Crippen LogP contribution in [0.25, 0.3) is 0 Å². The van der Waals surface area contributed by atoms with Gasteiger partial charge in [0.1, 0.15) is 5.82 Å². The Morgan fingerprint density at radius 1 is 0.875 bits per heavy atom. The number of aromatic nitrogens is 3.